The Morgan fingerprint density at radius 2 is 2.35 bits per heavy atom. The van der Waals surface area contributed by atoms with E-state index in [4.69, 9.17) is 10.5 Å². The number of nitrogen functional groups attached to an aromatic ring is 1. The molecule has 1 fully saturated rings. The second-order valence-electron chi connectivity index (χ2n) is 5.28. The topological polar surface area (TPSA) is 67.6 Å². The van der Waals surface area contributed by atoms with Crippen LogP contribution < -0.4 is 20.7 Å². The summed E-state index contributed by atoms with van der Waals surface area (Å²) >= 11 is 1.43. The van der Waals surface area contributed by atoms with Crippen LogP contribution in [0.25, 0.3) is 0 Å². The van der Waals surface area contributed by atoms with Crippen molar-refractivity contribution in [1.82, 2.24) is 5.32 Å². The van der Waals surface area contributed by atoms with Gasteiger partial charge in [-0.3, -0.25) is 4.79 Å². The highest BCUT2D eigenvalue weighted by atomic mass is 32.1. The van der Waals surface area contributed by atoms with Crippen LogP contribution in [0, 0.1) is 5.92 Å². The van der Waals surface area contributed by atoms with Crippen molar-refractivity contribution in [3.05, 3.63) is 4.88 Å². The third-order valence-corrected chi connectivity index (χ3v) is 4.79. The van der Waals surface area contributed by atoms with Crippen LogP contribution in [0.5, 0.6) is 5.75 Å². The molecule has 0 aromatic carbocycles. The molecule has 1 aliphatic rings. The molecule has 0 saturated carbocycles. The zero-order valence-corrected chi connectivity index (χ0v) is 13.2. The first-order valence-corrected chi connectivity index (χ1v) is 7.89. The Morgan fingerprint density at radius 1 is 1.60 bits per heavy atom. The molecule has 0 radical (unpaired) electrons. The summed E-state index contributed by atoms with van der Waals surface area (Å²) in [5, 5.41) is 3.85. The van der Waals surface area contributed by atoms with Crippen molar-refractivity contribution < 1.29 is 9.53 Å². The van der Waals surface area contributed by atoms with E-state index in [-0.39, 0.29) is 5.91 Å². The molecule has 1 atom stereocenters. The summed E-state index contributed by atoms with van der Waals surface area (Å²) in [5.41, 5.74) is 6.55. The third kappa shape index (κ3) is 2.85. The van der Waals surface area contributed by atoms with Gasteiger partial charge in [0.25, 0.3) is 5.91 Å². The van der Waals surface area contributed by atoms with Crippen LogP contribution in [0.1, 0.15) is 36.4 Å². The lowest BCUT2D eigenvalue weighted by molar-refractivity contribution is 0.0958. The molecular weight excluding hydrogens is 274 g/mol. The summed E-state index contributed by atoms with van der Waals surface area (Å²) in [7, 11) is 1.61. The number of rotatable bonds is 5. The maximum Gasteiger partial charge on any atom is 0.263 e. The van der Waals surface area contributed by atoms with E-state index in [9.17, 15) is 4.79 Å². The van der Waals surface area contributed by atoms with Gasteiger partial charge in [0.1, 0.15) is 15.6 Å². The van der Waals surface area contributed by atoms with Crippen molar-refractivity contribution in [3.63, 3.8) is 0 Å². The number of nitrogens with two attached hydrogens (primary N) is 1. The minimum atomic E-state index is -0.105. The Balaban J connectivity index is 2.26. The van der Waals surface area contributed by atoms with E-state index in [0.717, 1.165) is 24.5 Å². The van der Waals surface area contributed by atoms with Crippen LogP contribution in [0.3, 0.4) is 0 Å². The number of anilines is 2. The lowest BCUT2D eigenvalue weighted by atomic mass is 10.2. The van der Waals surface area contributed by atoms with Gasteiger partial charge >= 0.3 is 0 Å². The van der Waals surface area contributed by atoms with Crippen molar-refractivity contribution in [2.45, 2.75) is 26.7 Å². The van der Waals surface area contributed by atoms with E-state index in [1.54, 1.807) is 7.11 Å². The lowest BCUT2D eigenvalue weighted by Crippen LogP contribution is -2.23. The summed E-state index contributed by atoms with van der Waals surface area (Å²) in [5.74, 6) is 1.21. The third-order valence-electron chi connectivity index (χ3n) is 3.54. The molecule has 1 aromatic rings. The normalized spacial score (nSPS) is 18.4. The number of nitrogens with one attached hydrogen (secondary N) is 1. The van der Waals surface area contributed by atoms with Crippen molar-refractivity contribution in [2.75, 3.05) is 37.4 Å². The molecule has 6 heteroatoms. The van der Waals surface area contributed by atoms with Gasteiger partial charge in [-0.1, -0.05) is 13.8 Å². The van der Waals surface area contributed by atoms with Crippen molar-refractivity contribution in [2.24, 2.45) is 5.92 Å². The monoisotopic (exact) mass is 297 g/mol. The first kappa shape index (κ1) is 15.0. The van der Waals surface area contributed by atoms with E-state index in [1.165, 1.54) is 17.8 Å². The number of carbonyl (C=O) groups is 1. The van der Waals surface area contributed by atoms with Gasteiger partial charge < -0.3 is 20.7 Å². The van der Waals surface area contributed by atoms with E-state index in [0.29, 0.717) is 28.8 Å². The van der Waals surface area contributed by atoms with Crippen LogP contribution in [0.2, 0.25) is 0 Å². The van der Waals surface area contributed by atoms with Crippen LogP contribution in [0.15, 0.2) is 0 Å². The molecule has 3 N–H and O–H groups in total. The molecule has 5 nitrogen and oxygen atoms in total. The van der Waals surface area contributed by atoms with E-state index < -0.39 is 0 Å². The Kier molecular flexibility index (Phi) is 4.75. The highest BCUT2D eigenvalue weighted by Gasteiger charge is 2.28. The largest absolute Gasteiger partial charge is 0.492 e. The quantitative estimate of drug-likeness (QED) is 0.875. The van der Waals surface area contributed by atoms with E-state index >= 15 is 0 Å². The van der Waals surface area contributed by atoms with Crippen molar-refractivity contribution in [3.8, 4) is 5.75 Å². The Morgan fingerprint density at radius 3 is 2.90 bits per heavy atom. The smallest absolute Gasteiger partial charge is 0.263 e. The molecule has 1 amide bonds. The van der Waals surface area contributed by atoms with Gasteiger partial charge in [-0.2, -0.15) is 0 Å². The average Bonchev–Trinajstić information content (AvgIpc) is 2.99. The van der Waals surface area contributed by atoms with Gasteiger partial charge in [-0.15, -0.1) is 11.3 Å². The Labute approximate surface area is 124 Å². The van der Waals surface area contributed by atoms with Gasteiger partial charge in [0.05, 0.1) is 7.11 Å². The number of hydrogen-bond donors (Lipinski definition) is 2. The number of nitrogens with zero attached hydrogens (tertiary/aromatic N) is 1. The molecule has 1 aromatic heterocycles. The SMILES string of the molecule is CCCNC(=O)c1sc(N2CCC(C)C2)c(OC)c1N. The highest BCUT2D eigenvalue weighted by molar-refractivity contribution is 7.19. The fourth-order valence-corrected chi connectivity index (χ4v) is 3.57. The fourth-order valence-electron chi connectivity index (χ4n) is 2.43. The van der Waals surface area contributed by atoms with Gasteiger partial charge in [-0.05, 0) is 18.8 Å². The summed E-state index contributed by atoms with van der Waals surface area (Å²) in [4.78, 5) is 15.0. The first-order chi connectivity index (χ1) is 9.58. The van der Waals surface area contributed by atoms with Crippen molar-refractivity contribution in [1.29, 1.82) is 0 Å². The molecule has 1 aliphatic heterocycles. The molecule has 2 rings (SSSR count). The van der Waals surface area contributed by atoms with Crippen LogP contribution in [0.4, 0.5) is 10.7 Å². The molecule has 112 valence electrons. The maximum atomic E-state index is 12.1. The molecule has 0 bridgehead atoms. The number of hydrogen-bond acceptors (Lipinski definition) is 5. The van der Waals surface area contributed by atoms with Gasteiger partial charge in [0.15, 0.2) is 5.75 Å². The van der Waals surface area contributed by atoms with Crippen molar-refractivity contribution >= 4 is 27.9 Å². The van der Waals surface area contributed by atoms with E-state index in [2.05, 4.69) is 17.1 Å². The molecule has 20 heavy (non-hydrogen) atoms. The molecule has 2 heterocycles. The van der Waals surface area contributed by atoms with Crippen LogP contribution in [-0.2, 0) is 0 Å². The minimum absolute atomic E-state index is 0.105. The van der Waals surface area contributed by atoms with E-state index in [1.807, 2.05) is 6.92 Å². The Bertz CT molecular complexity index is 487. The van der Waals surface area contributed by atoms with Gasteiger partial charge in [-0.25, -0.2) is 0 Å². The van der Waals surface area contributed by atoms with Gasteiger partial charge in [0, 0.05) is 19.6 Å². The fraction of sp³-hybridized carbons (Fsp3) is 0.643. The molecule has 0 aliphatic carbocycles. The number of carbonyl (C=O) groups excluding carboxylic acids is 1. The molecule has 1 saturated heterocycles. The standard InChI is InChI=1S/C14H23N3O2S/c1-4-6-16-13(18)12-10(15)11(19-3)14(20-12)17-7-5-9(2)8-17/h9H,4-8,15H2,1-3H3,(H,16,18). The lowest BCUT2D eigenvalue weighted by Gasteiger charge is -2.17. The number of amides is 1. The summed E-state index contributed by atoms with van der Waals surface area (Å²) in [6.07, 6.45) is 2.07. The van der Waals surface area contributed by atoms with Gasteiger partial charge in [0.2, 0.25) is 0 Å². The van der Waals surface area contributed by atoms with Crippen LogP contribution >= 0.6 is 11.3 Å². The zero-order valence-electron chi connectivity index (χ0n) is 12.4. The number of ether oxygens (including phenoxy) is 1. The maximum absolute atomic E-state index is 12.1. The molecule has 0 spiro atoms. The summed E-state index contributed by atoms with van der Waals surface area (Å²) < 4.78 is 5.42. The summed E-state index contributed by atoms with van der Waals surface area (Å²) in [6, 6.07) is 0. The number of methoxy groups -OCH3 is 1. The predicted molar refractivity (Wildman–Crippen MR) is 83.9 cm³/mol. The first-order valence-electron chi connectivity index (χ1n) is 7.07. The van der Waals surface area contributed by atoms with Crippen LogP contribution in [-0.4, -0.2) is 32.7 Å². The second-order valence-corrected chi connectivity index (χ2v) is 6.28. The Hall–Kier alpha value is -1.43. The molecule has 1 unspecified atom stereocenters. The highest BCUT2D eigenvalue weighted by Crippen LogP contribution is 2.46. The zero-order chi connectivity index (χ0) is 14.7. The minimum Gasteiger partial charge on any atom is -0.492 e. The average molecular weight is 297 g/mol. The predicted octanol–water partition coefficient (Wildman–Crippen LogP) is 2.32. The second kappa shape index (κ2) is 6.35. The molecular formula is C14H23N3O2S. The number of thiophene rings is 1. The summed E-state index contributed by atoms with van der Waals surface area (Å²) in [6.45, 7) is 6.91.